The van der Waals surface area contributed by atoms with E-state index >= 15 is 0 Å². The average Bonchev–Trinajstić information content (AvgIpc) is 3.07. The number of rotatable bonds is 9. The normalized spacial score (nSPS) is 21.0. The molecule has 2 aromatic rings. The van der Waals surface area contributed by atoms with Gasteiger partial charge < -0.3 is 15.3 Å². The Bertz CT molecular complexity index is 1030. The highest BCUT2D eigenvalue weighted by molar-refractivity contribution is 5.85. The van der Waals surface area contributed by atoms with Crippen molar-refractivity contribution >= 4 is 11.8 Å². The van der Waals surface area contributed by atoms with Crippen LogP contribution in [0.2, 0.25) is 0 Å². The summed E-state index contributed by atoms with van der Waals surface area (Å²) in [6, 6.07) is 18.0. The van der Waals surface area contributed by atoms with Crippen molar-refractivity contribution in [2.45, 2.75) is 50.7 Å². The highest BCUT2D eigenvalue weighted by atomic mass is 16.4. The third-order valence-corrected chi connectivity index (χ3v) is 5.95. The molecule has 3 rings (SSSR count). The molecule has 1 aliphatic carbocycles. The van der Waals surface area contributed by atoms with Gasteiger partial charge in [0.1, 0.15) is 11.9 Å². The second-order valence-corrected chi connectivity index (χ2v) is 8.47. The minimum atomic E-state index is -0.968. The summed E-state index contributed by atoms with van der Waals surface area (Å²) in [6.45, 7) is 0. The van der Waals surface area contributed by atoms with Gasteiger partial charge in [0.2, 0.25) is 0 Å². The van der Waals surface area contributed by atoms with Crippen molar-refractivity contribution in [1.82, 2.24) is 0 Å². The molecular formula is C28H30O5. The molecule has 1 aliphatic rings. The van der Waals surface area contributed by atoms with Gasteiger partial charge in [-0.25, -0.2) is 4.79 Å². The quantitative estimate of drug-likeness (QED) is 0.307. The lowest BCUT2D eigenvalue weighted by molar-refractivity contribution is -0.131. The van der Waals surface area contributed by atoms with Crippen LogP contribution in [0.3, 0.4) is 0 Å². The van der Waals surface area contributed by atoms with E-state index in [-0.39, 0.29) is 18.1 Å². The number of carboxylic acids is 1. The molecule has 0 radical (unpaired) electrons. The number of aliphatic carboxylic acids is 1. The number of carboxylic acid groups (broad SMARTS) is 1. The molecule has 4 unspecified atom stereocenters. The van der Waals surface area contributed by atoms with E-state index in [1.807, 2.05) is 54.6 Å². The number of allylic oxidation sites excluding steroid dienone is 1. The maximum atomic E-state index is 12.3. The average molecular weight is 447 g/mol. The molecule has 0 heterocycles. The van der Waals surface area contributed by atoms with E-state index in [1.165, 1.54) is 0 Å². The molecule has 1 saturated carbocycles. The fourth-order valence-corrected chi connectivity index (χ4v) is 4.28. The van der Waals surface area contributed by atoms with Crippen molar-refractivity contribution in [2.24, 2.45) is 11.8 Å². The molecule has 3 N–H and O–H groups in total. The van der Waals surface area contributed by atoms with Crippen LogP contribution in [0.1, 0.15) is 37.7 Å². The number of carbonyl (C=O) groups is 2. The van der Waals surface area contributed by atoms with Crippen LogP contribution in [0.25, 0.3) is 11.1 Å². The van der Waals surface area contributed by atoms with Crippen LogP contribution >= 0.6 is 0 Å². The molecule has 5 heteroatoms. The molecule has 0 spiro atoms. The van der Waals surface area contributed by atoms with E-state index in [0.29, 0.717) is 19.3 Å². The fraction of sp³-hybridized carbons (Fsp3) is 0.357. The number of carbonyl (C=O) groups excluding carboxylic acids is 1. The summed E-state index contributed by atoms with van der Waals surface area (Å²) < 4.78 is 0. The van der Waals surface area contributed by atoms with Crippen molar-refractivity contribution in [3.05, 3.63) is 72.3 Å². The van der Waals surface area contributed by atoms with Crippen LogP contribution in [-0.2, 0) is 16.0 Å². The Hall–Kier alpha value is -3.20. The molecule has 0 saturated heterocycles. The van der Waals surface area contributed by atoms with Gasteiger partial charge in [-0.1, -0.05) is 78.9 Å². The third-order valence-electron chi connectivity index (χ3n) is 5.95. The topological polar surface area (TPSA) is 94.8 Å². The van der Waals surface area contributed by atoms with Crippen molar-refractivity contribution in [3.8, 4) is 23.0 Å². The van der Waals surface area contributed by atoms with E-state index in [9.17, 15) is 19.8 Å². The standard InChI is InChI=1S/C28H30O5/c29-23(18-20-9-8-12-22(17-20)21-10-4-3-5-11-21)15-16-25-24(26(30)19-27(25)31)13-6-1-2-7-14-28(32)33/h3-5,7-12,14,17,23-25,27,29,31H,1-2,6,13,18-19H2,(H,32,33). The van der Waals surface area contributed by atoms with Gasteiger partial charge in [-0.15, -0.1) is 0 Å². The summed E-state index contributed by atoms with van der Waals surface area (Å²) in [4.78, 5) is 22.8. The van der Waals surface area contributed by atoms with Gasteiger partial charge in [0.05, 0.1) is 12.0 Å². The van der Waals surface area contributed by atoms with Crippen molar-refractivity contribution < 1.29 is 24.9 Å². The molecule has 0 amide bonds. The Balaban J connectivity index is 1.58. The van der Waals surface area contributed by atoms with Gasteiger partial charge in [0.15, 0.2) is 0 Å². The molecule has 2 aromatic carbocycles. The lowest BCUT2D eigenvalue weighted by Crippen LogP contribution is -2.20. The third kappa shape index (κ3) is 7.42. The first-order valence-corrected chi connectivity index (χ1v) is 11.4. The van der Waals surface area contributed by atoms with E-state index in [4.69, 9.17) is 5.11 Å². The first-order valence-electron chi connectivity index (χ1n) is 11.4. The molecule has 0 aliphatic heterocycles. The predicted molar refractivity (Wildman–Crippen MR) is 127 cm³/mol. The Morgan fingerprint density at radius 1 is 1.09 bits per heavy atom. The minimum absolute atomic E-state index is 0.00734. The highest BCUT2D eigenvalue weighted by Crippen LogP contribution is 2.33. The maximum absolute atomic E-state index is 12.3. The lowest BCUT2D eigenvalue weighted by Gasteiger charge is -2.15. The van der Waals surface area contributed by atoms with Crippen LogP contribution in [0.4, 0.5) is 0 Å². The second kappa shape index (κ2) is 12.2. The largest absolute Gasteiger partial charge is 0.478 e. The minimum Gasteiger partial charge on any atom is -0.478 e. The second-order valence-electron chi connectivity index (χ2n) is 8.47. The zero-order valence-corrected chi connectivity index (χ0v) is 18.6. The van der Waals surface area contributed by atoms with E-state index in [2.05, 4.69) is 11.8 Å². The summed E-state index contributed by atoms with van der Waals surface area (Å²) in [5.74, 6) is 4.06. The highest BCUT2D eigenvalue weighted by Gasteiger charge is 2.40. The van der Waals surface area contributed by atoms with Crippen LogP contribution < -0.4 is 0 Å². The summed E-state index contributed by atoms with van der Waals surface area (Å²) in [5, 5.41) is 29.4. The maximum Gasteiger partial charge on any atom is 0.327 e. The Kier molecular flexibility index (Phi) is 9.00. The van der Waals surface area contributed by atoms with Crippen LogP contribution in [0.5, 0.6) is 0 Å². The molecule has 0 bridgehead atoms. The predicted octanol–water partition coefficient (Wildman–Crippen LogP) is 4.03. The number of aliphatic hydroxyl groups is 2. The van der Waals surface area contributed by atoms with E-state index in [1.54, 1.807) is 6.08 Å². The monoisotopic (exact) mass is 446 g/mol. The molecule has 172 valence electrons. The zero-order valence-electron chi connectivity index (χ0n) is 18.6. The van der Waals surface area contributed by atoms with Crippen LogP contribution in [-0.4, -0.2) is 39.3 Å². The SMILES string of the molecule is O=C(O)C=CCCCCC1C(=O)CC(O)C1C#CC(O)Cc1cccc(-c2ccccc2)c1. The van der Waals surface area contributed by atoms with Gasteiger partial charge >= 0.3 is 5.97 Å². The van der Waals surface area contributed by atoms with Gasteiger partial charge in [0.25, 0.3) is 0 Å². The van der Waals surface area contributed by atoms with Gasteiger partial charge in [-0.05, 0) is 36.0 Å². The smallest absolute Gasteiger partial charge is 0.327 e. The zero-order chi connectivity index (χ0) is 23.6. The van der Waals surface area contributed by atoms with Crippen LogP contribution in [0.15, 0.2) is 66.7 Å². The Labute approximate surface area is 194 Å². The first kappa shape index (κ1) is 24.4. The summed E-state index contributed by atoms with van der Waals surface area (Å²) in [7, 11) is 0. The molecule has 4 atom stereocenters. The van der Waals surface area contributed by atoms with Gasteiger partial charge in [0, 0.05) is 24.8 Å². The molecule has 33 heavy (non-hydrogen) atoms. The molecule has 5 nitrogen and oxygen atoms in total. The number of ketones is 1. The number of Topliss-reactive ketones (excluding diaryl/α,β-unsaturated/α-hetero) is 1. The van der Waals surface area contributed by atoms with Crippen molar-refractivity contribution in [1.29, 1.82) is 0 Å². The Morgan fingerprint density at radius 2 is 1.85 bits per heavy atom. The van der Waals surface area contributed by atoms with Crippen molar-refractivity contribution in [3.63, 3.8) is 0 Å². The number of hydrogen-bond donors (Lipinski definition) is 3. The van der Waals surface area contributed by atoms with E-state index < -0.39 is 24.1 Å². The number of hydrogen-bond acceptors (Lipinski definition) is 4. The lowest BCUT2D eigenvalue weighted by atomic mass is 9.89. The van der Waals surface area contributed by atoms with Gasteiger partial charge in [-0.3, -0.25) is 4.79 Å². The van der Waals surface area contributed by atoms with Crippen molar-refractivity contribution in [2.75, 3.05) is 0 Å². The summed E-state index contributed by atoms with van der Waals surface area (Å²) >= 11 is 0. The summed E-state index contributed by atoms with van der Waals surface area (Å²) in [6.07, 6.45) is 4.24. The number of unbranched alkanes of at least 4 members (excludes halogenated alkanes) is 2. The molecular weight excluding hydrogens is 416 g/mol. The number of aliphatic hydroxyl groups excluding tert-OH is 2. The molecule has 1 fully saturated rings. The van der Waals surface area contributed by atoms with Crippen LogP contribution in [0, 0.1) is 23.7 Å². The Morgan fingerprint density at radius 3 is 2.61 bits per heavy atom. The first-order chi connectivity index (χ1) is 15.9. The number of benzene rings is 2. The fourth-order valence-electron chi connectivity index (χ4n) is 4.28. The van der Waals surface area contributed by atoms with E-state index in [0.717, 1.165) is 35.6 Å². The summed E-state index contributed by atoms with van der Waals surface area (Å²) in [5.41, 5.74) is 3.14. The van der Waals surface area contributed by atoms with Gasteiger partial charge in [-0.2, -0.15) is 0 Å². The molecule has 0 aromatic heterocycles.